The van der Waals surface area contributed by atoms with Crippen LogP contribution in [0.2, 0.25) is 0 Å². The van der Waals surface area contributed by atoms with Gasteiger partial charge in [0.1, 0.15) is 0 Å². The van der Waals surface area contributed by atoms with Crippen LogP contribution < -0.4 is 5.32 Å². The standard InChI is InChI=1S/C13H27N3O/c1-15-7-9-16(10-8-15)6-3-5-14-13-4-2-11-17-12-13/h13-14H,2-12H2,1H3. The van der Waals surface area contributed by atoms with Crippen LogP contribution in [0.5, 0.6) is 0 Å². The molecule has 100 valence electrons. The largest absolute Gasteiger partial charge is 0.380 e. The van der Waals surface area contributed by atoms with Gasteiger partial charge in [-0.15, -0.1) is 0 Å². The Balaban J connectivity index is 1.48. The smallest absolute Gasteiger partial charge is 0.0619 e. The third-order valence-electron chi connectivity index (χ3n) is 3.84. The van der Waals surface area contributed by atoms with E-state index in [4.69, 9.17) is 4.74 Å². The maximum Gasteiger partial charge on any atom is 0.0619 e. The summed E-state index contributed by atoms with van der Waals surface area (Å²) in [5, 5.41) is 3.61. The van der Waals surface area contributed by atoms with E-state index in [2.05, 4.69) is 22.2 Å². The van der Waals surface area contributed by atoms with Crippen molar-refractivity contribution in [2.24, 2.45) is 0 Å². The Labute approximate surface area is 105 Å². The van der Waals surface area contributed by atoms with E-state index in [-0.39, 0.29) is 0 Å². The van der Waals surface area contributed by atoms with Crippen LogP contribution in [0.4, 0.5) is 0 Å². The summed E-state index contributed by atoms with van der Waals surface area (Å²) in [4.78, 5) is 4.99. The molecule has 2 aliphatic rings. The molecule has 0 saturated carbocycles. The van der Waals surface area contributed by atoms with Crippen molar-refractivity contribution in [1.29, 1.82) is 0 Å². The highest BCUT2D eigenvalue weighted by atomic mass is 16.5. The Bertz CT molecular complexity index is 199. The summed E-state index contributed by atoms with van der Waals surface area (Å²) in [6.45, 7) is 9.18. The zero-order valence-electron chi connectivity index (χ0n) is 11.2. The number of likely N-dealkylation sites (N-methyl/N-ethyl adjacent to an activating group) is 1. The number of rotatable bonds is 5. The van der Waals surface area contributed by atoms with Gasteiger partial charge in [-0.3, -0.25) is 0 Å². The molecule has 0 amide bonds. The molecule has 1 unspecified atom stereocenters. The predicted molar refractivity (Wildman–Crippen MR) is 70.4 cm³/mol. The molecule has 2 heterocycles. The minimum atomic E-state index is 0.608. The lowest BCUT2D eigenvalue weighted by atomic mass is 10.1. The van der Waals surface area contributed by atoms with Gasteiger partial charge in [0.05, 0.1) is 6.61 Å². The number of nitrogens with one attached hydrogen (secondary N) is 1. The molecule has 1 atom stereocenters. The van der Waals surface area contributed by atoms with Crippen LogP contribution in [0, 0.1) is 0 Å². The molecule has 2 rings (SSSR count). The van der Waals surface area contributed by atoms with Gasteiger partial charge in [-0.25, -0.2) is 0 Å². The van der Waals surface area contributed by atoms with Crippen LogP contribution in [0.25, 0.3) is 0 Å². The molecule has 4 nitrogen and oxygen atoms in total. The third-order valence-corrected chi connectivity index (χ3v) is 3.84. The molecule has 0 bridgehead atoms. The van der Waals surface area contributed by atoms with Gasteiger partial charge >= 0.3 is 0 Å². The first-order valence-corrected chi connectivity index (χ1v) is 7.06. The van der Waals surface area contributed by atoms with Crippen LogP contribution in [0.1, 0.15) is 19.3 Å². The highest BCUT2D eigenvalue weighted by molar-refractivity contribution is 4.72. The van der Waals surface area contributed by atoms with Crippen molar-refractivity contribution >= 4 is 0 Å². The van der Waals surface area contributed by atoms with Gasteiger partial charge < -0.3 is 19.9 Å². The first-order chi connectivity index (χ1) is 8.34. The van der Waals surface area contributed by atoms with Gasteiger partial charge in [0.25, 0.3) is 0 Å². The fraction of sp³-hybridized carbons (Fsp3) is 1.00. The van der Waals surface area contributed by atoms with Crippen molar-refractivity contribution in [3.63, 3.8) is 0 Å². The lowest BCUT2D eigenvalue weighted by Gasteiger charge is -2.32. The Hall–Kier alpha value is -0.160. The Kier molecular flexibility index (Phi) is 5.71. The van der Waals surface area contributed by atoms with Crippen molar-refractivity contribution in [2.45, 2.75) is 25.3 Å². The SMILES string of the molecule is CN1CCN(CCCNC2CCCOC2)CC1. The number of hydrogen-bond acceptors (Lipinski definition) is 4. The van der Waals surface area contributed by atoms with E-state index in [0.717, 1.165) is 19.8 Å². The summed E-state index contributed by atoms with van der Waals surface area (Å²) in [6.07, 6.45) is 3.77. The van der Waals surface area contributed by atoms with E-state index in [1.165, 1.54) is 52.0 Å². The van der Waals surface area contributed by atoms with E-state index in [9.17, 15) is 0 Å². The summed E-state index contributed by atoms with van der Waals surface area (Å²) >= 11 is 0. The molecule has 0 aliphatic carbocycles. The predicted octanol–water partition coefficient (Wildman–Crippen LogP) is 0.393. The molecule has 2 saturated heterocycles. The summed E-state index contributed by atoms with van der Waals surface area (Å²) in [7, 11) is 2.21. The summed E-state index contributed by atoms with van der Waals surface area (Å²) in [5.41, 5.74) is 0. The summed E-state index contributed by atoms with van der Waals surface area (Å²) in [5.74, 6) is 0. The number of ether oxygens (including phenoxy) is 1. The normalized spacial score (nSPS) is 28.4. The maximum atomic E-state index is 5.46. The van der Waals surface area contributed by atoms with Crippen molar-refractivity contribution in [3.05, 3.63) is 0 Å². The highest BCUT2D eigenvalue weighted by Gasteiger charge is 2.14. The number of nitrogens with zero attached hydrogens (tertiary/aromatic N) is 2. The third kappa shape index (κ3) is 4.92. The van der Waals surface area contributed by atoms with Crippen molar-refractivity contribution in [2.75, 3.05) is 59.5 Å². The first-order valence-electron chi connectivity index (χ1n) is 7.06. The van der Waals surface area contributed by atoms with Gasteiger partial charge in [0.2, 0.25) is 0 Å². The molecule has 17 heavy (non-hydrogen) atoms. The Morgan fingerprint density at radius 2 is 2.06 bits per heavy atom. The fourth-order valence-electron chi connectivity index (χ4n) is 2.58. The zero-order chi connectivity index (χ0) is 11.9. The van der Waals surface area contributed by atoms with Crippen molar-refractivity contribution in [3.8, 4) is 0 Å². The fourth-order valence-corrected chi connectivity index (χ4v) is 2.58. The van der Waals surface area contributed by atoms with E-state index in [1.807, 2.05) is 0 Å². The molecule has 2 fully saturated rings. The Morgan fingerprint density at radius 3 is 2.76 bits per heavy atom. The Morgan fingerprint density at radius 1 is 1.24 bits per heavy atom. The minimum absolute atomic E-state index is 0.608. The van der Waals surface area contributed by atoms with Gasteiger partial charge in [0, 0.05) is 38.8 Å². The molecule has 0 aromatic carbocycles. The average Bonchev–Trinajstić information content (AvgIpc) is 2.38. The number of piperazine rings is 1. The monoisotopic (exact) mass is 241 g/mol. The van der Waals surface area contributed by atoms with Crippen molar-refractivity contribution < 1.29 is 4.74 Å². The lowest BCUT2D eigenvalue weighted by Crippen LogP contribution is -2.45. The first kappa shape index (κ1) is 13.3. The van der Waals surface area contributed by atoms with Crippen LogP contribution in [-0.2, 0) is 4.74 Å². The quantitative estimate of drug-likeness (QED) is 0.705. The molecule has 0 spiro atoms. The van der Waals surface area contributed by atoms with Gasteiger partial charge in [-0.1, -0.05) is 0 Å². The lowest BCUT2D eigenvalue weighted by molar-refractivity contribution is 0.0699. The minimum Gasteiger partial charge on any atom is -0.380 e. The molecule has 0 aromatic rings. The van der Waals surface area contributed by atoms with E-state index >= 15 is 0 Å². The van der Waals surface area contributed by atoms with Gasteiger partial charge in [-0.2, -0.15) is 0 Å². The molecule has 1 N–H and O–H groups in total. The molecule has 0 aromatic heterocycles. The van der Waals surface area contributed by atoms with Gasteiger partial charge in [0.15, 0.2) is 0 Å². The zero-order valence-corrected chi connectivity index (χ0v) is 11.2. The molecule has 0 radical (unpaired) electrons. The maximum absolute atomic E-state index is 5.46. The molecule has 4 heteroatoms. The molecular formula is C13H27N3O. The van der Waals surface area contributed by atoms with Crippen LogP contribution in [0.3, 0.4) is 0 Å². The van der Waals surface area contributed by atoms with E-state index in [0.29, 0.717) is 6.04 Å². The molecular weight excluding hydrogens is 214 g/mol. The van der Waals surface area contributed by atoms with Crippen LogP contribution >= 0.6 is 0 Å². The second-order valence-electron chi connectivity index (χ2n) is 5.37. The van der Waals surface area contributed by atoms with Crippen LogP contribution in [-0.4, -0.2) is 75.4 Å². The average molecular weight is 241 g/mol. The second kappa shape index (κ2) is 7.31. The van der Waals surface area contributed by atoms with Crippen LogP contribution in [0.15, 0.2) is 0 Å². The topological polar surface area (TPSA) is 27.7 Å². The number of hydrogen-bond donors (Lipinski definition) is 1. The summed E-state index contributed by atoms with van der Waals surface area (Å²) in [6, 6.07) is 0.608. The summed E-state index contributed by atoms with van der Waals surface area (Å²) < 4.78 is 5.46. The van der Waals surface area contributed by atoms with E-state index in [1.54, 1.807) is 0 Å². The van der Waals surface area contributed by atoms with Gasteiger partial charge in [-0.05, 0) is 39.4 Å². The van der Waals surface area contributed by atoms with Crippen molar-refractivity contribution in [1.82, 2.24) is 15.1 Å². The highest BCUT2D eigenvalue weighted by Crippen LogP contribution is 2.05. The second-order valence-corrected chi connectivity index (χ2v) is 5.37. The molecule has 2 aliphatic heterocycles. The van der Waals surface area contributed by atoms with E-state index < -0.39 is 0 Å².